The minimum atomic E-state index is -0.0538. The summed E-state index contributed by atoms with van der Waals surface area (Å²) in [6.45, 7) is 5.09. The smallest absolute Gasteiger partial charge is 0.252 e. The van der Waals surface area contributed by atoms with E-state index in [2.05, 4.69) is 19.2 Å². The van der Waals surface area contributed by atoms with Crippen molar-refractivity contribution in [2.24, 2.45) is 5.92 Å². The molecular formula is C24H27ClN2O. The zero-order chi connectivity index (χ0) is 19.9. The van der Waals surface area contributed by atoms with E-state index in [0.29, 0.717) is 28.7 Å². The summed E-state index contributed by atoms with van der Waals surface area (Å²) >= 11 is 6.37. The molecule has 1 unspecified atom stereocenters. The van der Waals surface area contributed by atoms with Gasteiger partial charge in [0.25, 0.3) is 5.91 Å². The van der Waals surface area contributed by atoms with Crippen molar-refractivity contribution in [1.82, 2.24) is 10.3 Å². The number of benzene rings is 2. The molecule has 3 aromatic rings. The number of carbonyl (C=O) groups excluding carboxylic acids is 1. The molecule has 1 heterocycles. The summed E-state index contributed by atoms with van der Waals surface area (Å²) in [6.07, 6.45) is 4.60. The highest BCUT2D eigenvalue weighted by Crippen LogP contribution is 2.29. The van der Waals surface area contributed by atoms with Crippen LogP contribution in [0.1, 0.15) is 49.9 Å². The second-order valence-corrected chi connectivity index (χ2v) is 7.59. The largest absolute Gasteiger partial charge is 0.352 e. The van der Waals surface area contributed by atoms with Crippen LogP contribution in [0.25, 0.3) is 22.2 Å². The molecule has 0 fully saturated rings. The average Bonchev–Trinajstić information content (AvgIpc) is 2.73. The van der Waals surface area contributed by atoms with Crippen LogP contribution in [-0.4, -0.2) is 17.4 Å². The van der Waals surface area contributed by atoms with Gasteiger partial charge in [0.2, 0.25) is 0 Å². The second kappa shape index (κ2) is 9.70. The molecule has 0 aliphatic rings. The summed E-state index contributed by atoms with van der Waals surface area (Å²) in [4.78, 5) is 17.8. The molecule has 0 bridgehead atoms. The van der Waals surface area contributed by atoms with Gasteiger partial charge in [0.15, 0.2) is 0 Å². The number of carbonyl (C=O) groups is 1. The lowest BCUT2D eigenvalue weighted by molar-refractivity contribution is 0.0947. The predicted octanol–water partition coefficient (Wildman–Crippen LogP) is 6.50. The highest BCUT2D eigenvalue weighted by atomic mass is 35.5. The third kappa shape index (κ3) is 4.71. The molecule has 3 nitrogen and oxygen atoms in total. The van der Waals surface area contributed by atoms with Gasteiger partial charge in [-0.2, -0.15) is 0 Å². The van der Waals surface area contributed by atoms with Crippen molar-refractivity contribution in [3.63, 3.8) is 0 Å². The van der Waals surface area contributed by atoms with Crippen LogP contribution in [0.5, 0.6) is 0 Å². The lowest BCUT2D eigenvalue weighted by atomic mass is 9.99. The fourth-order valence-corrected chi connectivity index (χ4v) is 3.68. The molecule has 0 spiro atoms. The summed E-state index contributed by atoms with van der Waals surface area (Å²) in [5, 5.41) is 4.63. The van der Waals surface area contributed by atoms with Gasteiger partial charge in [-0.3, -0.25) is 4.79 Å². The first-order valence-electron chi connectivity index (χ1n) is 10.1. The lowest BCUT2D eigenvalue weighted by Crippen LogP contribution is -2.29. The number of nitrogens with one attached hydrogen (secondary N) is 1. The van der Waals surface area contributed by atoms with Crippen LogP contribution in [-0.2, 0) is 0 Å². The van der Waals surface area contributed by atoms with Gasteiger partial charge >= 0.3 is 0 Å². The third-order valence-electron chi connectivity index (χ3n) is 5.21. The summed E-state index contributed by atoms with van der Waals surface area (Å²) in [5.41, 5.74) is 2.99. The van der Waals surface area contributed by atoms with E-state index in [4.69, 9.17) is 16.6 Å². The van der Waals surface area contributed by atoms with Gasteiger partial charge < -0.3 is 5.32 Å². The number of rotatable bonds is 8. The molecule has 0 radical (unpaired) electrons. The number of pyridine rings is 1. The van der Waals surface area contributed by atoms with Crippen molar-refractivity contribution in [2.75, 3.05) is 6.54 Å². The van der Waals surface area contributed by atoms with E-state index >= 15 is 0 Å². The predicted molar refractivity (Wildman–Crippen MR) is 118 cm³/mol. The molecule has 0 aliphatic heterocycles. The fraction of sp³-hybridized carbons (Fsp3) is 0.333. The van der Waals surface area contributed by atoms with E-state index in [1.165, 1.54) is 12.8 Å². The first-order valence-corrected chi connectivity index (χ1v) is 10.4. The molecule has 3 rings (SSSR count). The number of unbranched alkanes of at least 4 members (excludes halogenated alkanes) is 1. The fourth-order valence-electron chi connectivity index (χ4n) is 3.45. The minimum absolute atomic E-state index is 0.0538. The average molecular weight is 395 g/mol. The normalized spacial score (nSPS) is 12.1. The second-order valence-electron chi connectivity index (χ2n) is 7.18. The van der Waals surface area contributed by atoms with Crippen molar-refractivity contribution < 1.29 is 4.79 Å². The zero-order valence-electron chi connectivity index (χ0n) is 16.5. The Labute approximate surface area is 172 Å². The van der Waals surface area contributed by atoms with Gasteiger partial charge in [-0.25, -0.2) is 4.98 Å². The van der Waals surface area contributed by atoms with Crippen LogP contribution < -0.4 is 5.32 Å². The van der Waals surface area contributed by atoms with Crippen LogP contribution in [0, 0.1) is 5.92 Å². The number of hydrogen-bond donors (Lipinski definition) is 1. The summed E-state index contributed by atoms with van der Waals surface area (Å²) in [7, 11) is 0. The molecule has 1 N–H and O–H groups in total. The summed E-state index contributed by atoms with van der Waals surface area (Å²) < 4.78 is 0. The number of para-hydroxylation sites is 1. The van der Waals surface area contributed by atoms with E-state index in [0.717, 1.165) is 29.3 Å². The first kappa shape index (κ1) is 20.3. The van der Waals surface area contributed by atoms with Crippen LogP contribution in [0.3, 0.4) is 0 Å². The molecule has 1 amide bonds. The molecular weight excluding hydrogens is 368 g/mol. The van der Waals surface area contributed by atoms with Crippen molar-refractivity contribution >= 4 is 28.4 Å². The van der Waals surface area contributed by atoms with Gasteiger partial charge in [-0.05, 0) is 30.5 Å². The van der Waals surface area contributed by atoms with Crippen molar-refractivity contribution in [3.8, 4) is 11.3 Å². The van der Waals surface area contributed by atoms with Gasteiger partial charge in [0, 0.05) is 22.5 Å². The van der Waals surface area contributed by atoms with E-state index in [-0.39, 0.29) is 5.91 Å². The molecule has 1 aromatic heterocycles. The quantitative estimate of drug-likeness (QED) is 0.473. The molecule has 4 heteroatoms. The van der Waals surface area contributed by atoms with Crippen molar-refractivity contribution in [2.45, 2.75) is 39.5 Å². The summed E-state index contributed by atoms with van der Waals surface area (Å²) in [5.74, 6) is 0.460. The van der Waals surface area contributed by atoms with Gasteiger partial charge in [-0.15, -0.1) is 0 Å². The van der Waals surface area contributed by atoms with Crippen LogP contribution in [0.4, 0.5) is 0 Å². The molecule has 1 atom stereocenters. The van der Waals surface area contributed by atoms with E-state index in [1.54, 1.807) is 0 Å². The Morgan fingerprint density at radius 3 is 2.61 bits per heavy atom. The number of aromatic nitrogens is 1. The molecule has 0 saturated heterocycles. The monoisotopic (exact) mass is 394 g/mol. The van der Waals surface area contributed by atoms with Crippen molar-refractivity contribution in [3.05, 3.63) is 65.2 Å². The first-order chi connectivity index (χ1) is 13.6. The SMILES string of the molecule is CCCCC(CC)CNC(=O)c1cc(-c2ccccc2Cl)nc2ccccc12. The molecule has 0 saturated carbocycles. The molecule has 0 aliphatic carbocycles. The van der Waals surface area contributed by atoms with Gasteiger partial charge in [0.05, 0.1) is 16.8 Å². The maximum Gasteiger partial charge on any atom is 0.252 e. The van der Waals surface area contributed by atoms with Crippen molar-refractivity contribution in [1.29, 1.82) is 0 Å². The topological polar surface area (TPSA) is 42.0 Å². The van der Waals surface area contributed by atoms with E-state index < -0.39 is 0 Å². The minimum Gasteiger partial charge on any atom is -0.352 e. The number of halogens is 1. The highest BCUT2D eigenvalue weighted by Gasteiger charge is 2.16. The van der Waals surface area contributed by atoms with Crippen LogP contribution >= 0.6 is 11.6 Å². The Balaban J connectivity index is 1.93. The number of hydrogen-bond acceptors (Lipinski definition) is 2. The van der Waals surface area contributed by atoms with E-state index in [1.807, 2.05) is 54.6 Å². The zero-order valence-corrected chi connectivity index (χ0v) is 17.3. The Hall–Kier alpha value is -2.39. The Morgan fingerprint density at radius 1 is 1.11 bits per heavy atom. The summed E-state index contributed by atoms with van der Waals surface area (Å²) in [6, 6.07) is 17.2. The Morgan fingerprint density at radius 2 is 1.86 bits per heavy atom. The maximum absolute atomic E-state index is 13.0. The third-order valence-corrected chi connectivity index (χ3v) is 5.53. The van der Waals surface area contributed by atoms with E-state index in [9.17, 15) is 4.79 Å². The number of fused-ring (bicyclic) bond motifs is 1. The number of amides is 1. The Kier molecular flexibility index (Phi) is 7.05. The van der Waals surface area contributed by atoms with Gasteiger partial charge in [0.1, 0.15) is 0 Å². The maximum atomic E-state index is 13.0. The highest BCUT2D eigenvalue weighted by molar-refractivity contribution is 6.33. The number of nitrogens with zero attached hydrogens (tertiary/aromatic N) is 1. The van der Waals surface area contributed by atoms with Gasteiger partial charge in [-0.1, -0.05) is 81.1 Å². The standard InChI is InChI=1S/C24H27ClN2O/c1-3-5-10-17(4-2)16-26-24(28)20-15-23(19-12-6-8-13-21(19)25)27-22-14-9-7-11-18(20)22/h6-9,11-15,17H,3-5,10,16H2,1-2H3,(H,26,28). The molecule has 2 aromatic carbocycles. The Bertz CT molecular complexity index is 954. The molecule has 28 heavy (non-hydrogen) atoms. The van der Waals surface area contributed by atoms with Crippen LogP contribution in [0.2, 0.25) is 5.02 Å². The lowest BCUT2D eigenvalue weighted by Gasteiger charge is -2.16. The molecule has 146 valence electrons. The van der Waals surface area contributed by atoms with Crippen LogP contribution in [0.15, 0.2) is 54.6 Å².